The van der Waals surface area contributed by atoms with Crippen LogP contribution in [0.25, 0.3) is 5.57 Å². The van der Waals surface area contributed by atoms with Gasteiger partial charge in [-0.3, -0.25) is 4.98 Å². The van der Waals surface area contributed by atoms with Crippen LogP contribution in [0.2, 0.25) is 0 Å². The summed E-state index contributed by atoms with van der Waals surface area (Å²) in [7, 11) is 0. The maximum absolute atomic E-state index is 8.82. The minimum absolute atomic E-state index is 0.105. The largest absolute Gasteiger partial charge is 0.256 e. The third-order valence-electron chi connectivity index (χ3n) is 1.44. The van der Waals surface area contributed by atoms with E-state index in [0.29, 0.717) is 11.3 Å². The molecule has 0 atom stereocenters. The van der Waals surface area contributed by atoms with Gasteiger partial charge in [-0.05, 0) is 24.3 Å². The summed E-state index contributed by atoms with van der Waals surface area (Å²) in [6.07, 6.45) is 4.58. The van der Waals surface area contributed by atoms with Crippen molar-refractivity contribution in [3.05, 3.63) is 46.7 Å². The van der Waals surface area contributed by atoms with Crippen molar-refractivity contribution in [3.63, 3.8) is 0 Å². The van der Waals surface area contributed by atoms with Gasteiger partial charge in [0.05, 0.1) is 11.3 Å². The summed E-state index contributed by atoms with van der Waals surface area (Å²) >= 11 is 10.8. The number of allylic oxidation sites excluding steroid dienone is 3. The summed E-state index contributed by atoms with van der Waals surface area (Å²) in [5, 5.41) is 8.82. The molecule has 0 amide bonds. The fourth-order valence-corrected chi connectivity index (χ4v) is 0.974. The van der Waals surface area contributed by atoms with Gasteiger partial charge in [-0.2, -0.15) is 5.26 Å². The molecule has 0 unspecified atom stereocenters. The van der Waals surface area contributed by atoms with Crippen molar-refractivity contribution in [2.75, 3.05) is 0 Å². The zero-order chi connectivity index (χ0) is 10.4. The average Bonchev–Trinajstić information content (AvgIpc) is 2.20. The molecule has 0 saturated heterocycles. The quantitative estimate of drug-likeness (QED) is 0.571. The summed E-state index contributed by atoms with van der Waals surface area (Å²) in [5.74, 6) is 0. The Hall–Kier alpha value is -1.30. The van der Waals surface area contributed by atoms with E-state index in [2.05, 4.69) is 4.98 Å². The van der Waals surface area contributed by atoms with Crippen LogP contribution >= 0.6 is 23.2 Å². The smallest absolute Gasteiger partial charge is 0.106 e. The molecule has 70 valence electrons. The summed E-state index contributed by atoms with van der Waals surface area (Å²) in [4.78, 5) is 4.02. The van der Waals surface area contributed by atoms with Gasteiger partial charge in [-0.25, -0.2) is 0 Å². The molecule has 2 nitrogen and oxygen atoms in total. The number of aromatic nitrogens is 1. The van der Waals surface area contributed by atoms with E-state index in [1.165, 1.54) is 12.2 Å². The van der Waals surface area contributed by atoms with Crippen molar-refractivity contribution in [3.8, 4) is 6.07 Å². The molecule has 1 aromatic heterocycles. The highest BCUT2D eigenvalue weighted by molar-refractivity contribution is 6.56. The van der Waals surface area contributed by atoms with Crippen LogP contribution in [-0.2, 0) is 0 Å². The van der Waals surface area contributed by atoms with Gasteiger partial charge in [0.2, 0.25) is 0 Å². The lowest BCUT2D eigenvalue weighted by molar-refractivity contribution is 1.28. The molecular weight excluding hydrogens is 219 g/mol. The Morgan fingerprint density at radius 1 is 1.36 bits per heavy atom. The molecule has 1 heterocycles. The van der Waals surface area contributed by atoms with Crippen molar-refractivity contribution in [2.45, 2.75) is 0 Å². The molecule has 0 spiro atoms. The second-order valence-electron chi connectivity index (χ2n) is 2.36. The molecule has 0 radical (unpaired) electrons. The zero-order valence-electron chi connectivity index (χ0n) is 7.11. The molecule has 0 bridgehead atoms. The van der Waals surface area contributed by atoms with Gasteiger partial charge in [0.15, 0.2) is 0 Å². The molecule has 0 N–H and O–H groups in total. The standard InChI is InChI=1S/C10H6Cl2N2/c11-10(12)5-4-8(7-13)9-3-1-2-6-14-9/h1-6H/b8-4-. The number of hydrogen-bond donors (Lipinski definition) is 0. The van der Waals surface area contributed by atoms with Crippen molar-refractivity contribution >= 4 is 28.8 Å². The number of halogens is 2. The summed E-state index contributed by atoms with van der Waals surface area (Å²) < 4.78 is 0.105. The minimum Gasteiger partial charge on any atom is -0.256 e. The highest BCUT2D eigenvalue weighted by Crippen LogP contribution is 2.13. The van der Waals surface area contributed by atoms with E-state index in [1.54, 1.807) is 24.4 Å². The van der Waals surface area contributed by atoms with Crippen LogP contribution < -0.4 is 0 Å². The molecular formula is C10H6Cl2N2. The highest BCUT2D eigenvalue weighted by Gasteiger charge is 1.98. The van der Waals surface area contributed by atoms with Gasteiger partial charge in [-0.1, -0.05) is 29.3 Å². The Labute approximate surface area is 92.1 Å². The van der Waals surface area contributed by atoms with E-state index < -0.39 is 0 Å². The van der Waals surface area contributed by atoms with Crippen LogP contribution in [0, 0.1) is 11.3 Å². The fourth-order valence-electron chi connectivity index (χ4n) is 0.848. The van der Waals surface area contributed by atoms with Gasteiger partial charge >= 0.3 is 0 Å². The molecule has 0 aliphatic rings. The Morgan fingerprint density at radius 3 is 2.64 bits per heavy atom. The van der Waals surface area contributed by atoms with E-state index >= 15 is 0 Å². The van der Waals surface area contributed by atoms with E-state index in [0.717, 1.165) is 0 Å². The van der Waals surface area contributed by atoms with Crippen molar-refractivity contribution in [1.82, 2.24) is 4.98 Å². The number of pyridine rings is 1. The zero-order valence-corrected chi connectivity index (χ0v) is 8.63. The first-order valence-corrected chi connectivity index (χ1v) is 4.54. The third-order valence-corrected chi connectivity index (χ3v) is 1.69. The molecule has 0 aromatic carbocycles. The second kappa shape index (κ2) is 5.43. The van der Waals surface area contributed by atoms with Crippen LogP contribution in [0.1, 0.15) is 5.69 Å². The predicted octanol–water partition coefficient (Wildman–Crippen LogP) is 3.31. The maximum atomic E-state index is 8.82. The van der Waals surface area contributed by atoms with Crippen molar-refractivity contribution in [1.29, 1.82) is 5.26 Å². The van der Waals surface area contributed by atoms with Gasteiger partial charge in [-0.15, -0.1) is 0 Å². The van der Waals surface area contributed by atoms with E-state index in [1.807, 2.05) is 6.07 Å². The Bertz CT molecular complexity index is 398. The molecule has 1 rings (SSSR count). The average molecular weight is 225 g/mol. The first-order valence-electron chi connectivity index (χ1n) is 3.78. The van der Waals surface area contributed by atoms with E-state index in [-0.39, 0.29) is 4.49 Å². The predicted molar refractivity (Wildman–Crippen MR) is 57.6 cm³/mol. The van der Waals surface area contributed by atoms with Crippen LogP contribution in [0.15, 0.2) is 41.0 Å². The lowest BCUT2D eigenvalue weighted by atomic mass is 10.2. The number of nitriles is 1. The first kappa shape index (κ1) is 10.8. The highest BCUT2D eigenvalue weighted by atomic mass is 35.5. The minimum atomic E-state index is 0.105. The Morgan fingerprint density at radius 2 is 2.14 bits per heavy atom. The molecule has 0 aliphatic carbocycles. The molecule has 0 aliphatic heterocycles. The fraction of sp³-hybridized carbons (Fsp3) is 0. The van der Waals surface area contributed by atoms with Crippen LogP contribution in [0.3, 0.4) is 0 Å². The lowest BCUT2D eigenvalue weighted by Gasteiger charge is -1.94. The molecule has 0 saturated carbocycles. The number of hydrogen-bond acceptors (Lipinski definition) is 2. The van der Waals surface area contributed by atoms with Crippen molar-refractivity contribution in [2.24, 2.45) is 0 Å². The molecule has 14 heavy (non-hydrogen) atoms. The van der Waals surface area contributed by atoms with Crippen LogP contribution in [0.4, 0.5) is 0 Å². The first-order chi connectivity index (χ1) is 6.74. The lowest BCUT2D eigenvalue weighted by Crippen LogP contribution is -1.84. The Kier molecular flexibility index (Phi) is 4.18. The second-order valence-corrected chi connectivity index (χ2v) is 3.37. The monoisotopic (exact) mass is 224 g/mol. The summed E-state index contributed by atoms with van der Waals surface area (Å²) in [6.45, 7) is 0. The maximum Gasteiger partial charge on any atom is 0.106 e. The summed E-state index contributed by atoms with van der Waals surface area (Å²) in [6, 6.07) is 7.34. The van der Waals surface area contributed by atoms with Crippen LogP contribution in [0.5, 0.6) is 0 Å². The van der Waals surface area contributed by atoms with Crippen molar-refractivity contribution < 1.29 is 0 Å². The number of rotatable bonds is 2. The summed E-state index contributed by atoms with van der Waals surface area (Å²) in [5.41, 5.74) is 1.02. The van der Waals surface area contributed by atoms with Gasteiger partial charge < -0.3 is 0 Å². The third kappa shape index (κ3) is 3.21. The number of nitrogens with zero attached hydrogens (tertiary/aromatic N) is 2. The Balaban J connectivity index is 3.01. The van der Waals surface area contributed by atoms with E-state index in [4.69, 9.17) is 28.5 Å². The topological polar surface area (TPSA) is 36.7 Å². The van der Waals surface area contributed by atoms with E-state index in [9.17, 15) is 0 Å². The van der Waals surface area contributed by atoms with Gasteiger partial charge in [0.25, 0.3) is 0 Å². The van der Waals surface area contributed by atoms with Crippen LogP contribution in [-0.4, -0.2) is 4.98 Å². The molecule has 1 aromatic rings. The van der Waals surface area contributed by atoms with Gasteiger partial charge in [0, 0.05) is 6.20 Å². The normalized spacial score (nSPS) is 10.5. The van der Waals surface area contributed by atoms with Gasteiger partial charge in [0.1, 0.15) is 10.6 Å². The molecule has 4 heteroatoms. The SMILES string of the molecule is N#C/C(=C/C=C(Cl)Cl)c1ccccn1. The molecule has 0 fully saturated rings.